The van der Waals surface area contributed by atoms with Gasteiger partial charge in [0.1, 0.15) is 23.4 Å². The highest BCUT2D eigenvalue weighted by molar-refractivity contribution is 5.77. The number of rotatable bonds is 6. The summed E-state index contributed by atoms with van der Waals surface area (Å²) in [5, 5.41) is 9.85. The van der Waals surface area contributed by atoms with Crippen molar-refractivity contribution in [3.05, 3.63) is 65.5 Å². The molecule has 0 spiro atoms. The average Bonchev–Trinajstić information content (AvgIpc) is 2.69. The van der Waals surface area contributed by atoms with E-state index in [1.54, 1.807) is 37.4 Å². The first-order valence-electron chi connectivity index (χ1n) is 8.67. The number of aliphatic carboxylic acids is 1. The molecule has 1 N–H and O–H groups in total. The Morgan fingerprint density at radius 1 is 1.15 bits per heavy atom. The number of halogens is 1. The first-order valence-corrected chi connectivity index (χ1v) is 8.67. The maximum absolute atomic E-state index is 13.1. The normalized spacial score (nSPS) is 15.7. The van der Waals surface area contributed by atoms with Gasteiger partial charge in [-0.3, -0.25) is 9.69 Å². The average molecular weight is 371 g/mol. The molecule has 0 saturated heterocycles. The number of carboxylic acids is 1. The van der Waals surface area contributed by atoms with Gasteiger partial charge in [-0.25, -0.2) is 4.39 Å². The van der Waals surface area contributed by atoms with Crippen LogP contribution >= 0.6 is 0 Å². The molecule has 1 aliphatic rings. The topological polar surface area (TPSA) is 59.0 Å². The first kappa shape index (κ1) is 18.9. The molecule has 0 aromatic heterocycles. The number of benzene rings is 2. The number of hydrogen-bond donors (Lipinski definition) is 1. The molecule has 0 amide bonds. The van der Waals surface area contributed by atoms with Crippen LogP contribution in [0.3, 0.4) is 0 Å². The highest BCUT2D eigenvalue weighted by atomic mass is 19.1. The molecule has 2 aromatic rings. The Balaban J connectivity index is 1.85. The molecule has 1 unspecified atom stereocenters. The van der Waals surface area contributed by atoms with Crippen LogP contribution in [0.25, 0.3) is 5.57 Å². The van der Waals surface area contributed by atoms with Gasteiger partial charge >= 0.3 is 5.97 Å². The summed E-state index contributed by atoms with van der Waals surface area (Å²) in [6.45, 7) is 1.06. The Hall–Kier alpha value is -2.86. The summed E-state index contributed by atoms with van der Waals surface area (Å²) >= 11 is 0. The van der Waals surface area contributed by atoms with Crippen molar-refractivity contribution in [1.82, 2.24) is 4.90 Å². The fourth-order valence-corrected chi connectivity index (χ4v) is 3.38. The Kier molecular flexibility index (Phi) is 5.76. The van der Waals surface area contributed by atoms with Gasteiger partial charge in [0.05, 0.1) is 14.2 Å². The molecule has 1 heterocycles. The van der Waals surface area contributed by atoms with Crippen molar-refractivity contribution in [2.45, 2.75) is 12.5 Å². The molecule has 1 atom stereocenters. The molecule has 6 heteroatoms. The Morgan fingerprint density at radius 3 is 2.44 bits per heavy atom. The van der Waals surface area contributed by atoms with Crippen molar-refractivity contribution in [3.63, 3.8) is 0 Å². The Morgan fingerprint density at radius 2 is 1.89 bits per heavy atom. The highest BCUT2D eigenvalue weighted by Gasteiger charge is 2.31. The Labute approximate surface area is 157 Å². The van der Waals surface area contributed by atoms with Crippen molar-refractivity contribution in [2.75, 3.05) is 27.3 Å². The predicted molar refractivity (Wildman–Crippen MR) is 100 cm³/mol. The minimum Gasteiger partial charge on any atom is -0.497 e. The van der Waals surface area contributed by atoms with Crippen LogP contribution in [0, 0.1) is 5.82 Å². The number of nitrogens with zero attached hydrogens (tertiary/aromatic N) is 1. The summed E-state index contributed by atoms with van der Waals surface area (Å²) < 4.78 is 23.7. The van der Waals surface area contributed by atoms with E-state index >= 15 is 0 Å². The lowest BCUT2D eigenvalue weighted by atomic mass is 9.96. The summed E-state index contributed by atoms with van der Waals surface area (Å²) in [6.07, 6.45) is 2.69. The number of methoxy groups -OCH3 is 2. The number of ether oxygens (including phenoxy) is 2. The fourth-order valence-electron chi connectivity index (χ4n) is 3.38. The van der Waals surface area contributed by atoms with Crippen LogP contribution in [-0.2, 0) is 4.79 Å². The minimum atomic E-state index is -0.933. The second kappa shape index (κ2) is 8.22. The molecule has 1 aliphatic heterocycles. The van der Waals surface area contributed by atoms with Crippen molar-refractivity contribution in [3.8, 4) is 11.5 Å². The van der Waals surface area contributed by atoms with Crippen LogP contribution in [-0.4, -0.2) is 43.3 Å². The van der Waals surface area contributed by atoms with Gasteiger partial charge in [0.2, 0.25) is 0 Å². The van der Waals surface area contributed by atoms with E-state index < -0.39 is 12.0 Å². The van der Waals surface area contributed by atoms with Gasteiger partial charge in [-0.1, -0.05) is 18.2 Å². The quantitative estimate of drug-likeness (QED) is 0.838. The zero-order valence-corrected chi connectivity index (χ0v) is 15.3. The molecule has 5 nitrogen and oxygen atoms in total. The Bertz CT molecular complexity index is 848. The standard InChI is InChI=1S/C21H22FNO4/c1-26-17-7-8-18(19(13-17)27-2)20(21(24)25)23-11-9-15(10-12-23)14-3-5-16(22)6-4-14/h3-9,13,20H,10-12H2,1-2H3,(H,24,25). The summed E-state index contributed by atoms with van der Waals surface area (Å²) in [4.78, 5) is 13.9. The van der Waals surface area contributed by atoms with Gasteiger partial charge in [-0.2, -0.15) is 0 Å². The van der Waals surface area contributed by atoms with E-state index in [9.17, 15) is 14.3 Å². The second-order valence-corrected chi connectivity index (χ2v) is 6.33. The smallest absolute Gasteiger partial charge is 0.325 e. The lowest BCUT2D eigenvalue weighted by Gasteiger charge is -2.32. The van der Waals surface area contributed by atoms with Crippen molar-refractivity contribution >= 4 is 11.5 Å². The minimum absolute atomic E-state index is 0.269. The predicted octanol–water partition coefficient (Wildman–Crippen LogP) is 3.76. The van der Waals surface area contributed by atoms with Gasteiger partial charge in [0.25, 0.3) is 0 Å². The monoisotopic (exact) mass is 371 g/mol. The zero-order chi connectivity index (χ0) is 19.4. The van der Waals surface area contributed by atoms with E-state index in [2.05, 4.69) is 0 Å². The van der Waals surface area contributed by atoms with Gasteiger partial charge < -0.3 is 14.6 Å². The lowest BCUT2D eigenvalue weighted by Crippen LogP contribution is -2.37. The van der Waals surface area contributed by atoms with Crippen molar-refractivity contribution in [1.29, 1.82) is 0 Å². The summed E-state index contributed by atoms with van der Waals surface area (Å²) in [7, 11) is 3.06. The largest absolute Gasteiger partial charge is 0.497 e. The first-order chi connectivity index (χ1) is 13.0. The highest BCUT2D eigenvalue weighted by Crippen LogP contribution is 2.35. The molecule has 0 aliphatic carbocycles. The van der Waals surface area contributed by atoms with Gasteiger partial charge in [0.15, 0.2) is 0 Å². The third-order valence-corrected chi connectivity index (χ3v) is 4.79. The lowest BCUT2D eigenvalue weighted by molar-refractivity contribution is -0.143. The third kappa shape index (κ3) is 4.11. The second-order valence-electron chi connectivity index (χ2n) is 6.33. The van der Waals surface area contributed by atoms with Crippen LogP contribution in [0.5, 0.6) is 11.5 Å². The number of hydrogen-bond acceptors (Lipinski definition) is 4. The third-order valence-electron chi connectivity index (χ3n) is 4.79. The van der Waals surface area contributed by atoms with E-state index in [0.717, 1.165) is 11.1 Å². The molecule has 142 valence electrons. The van der Waals surface area contributed by atoms with E-state index in [1.807, 2.05) is 11.0 Å². The zero-order valence-electron chi connectivity index (χ0n) is 15.3. The molecule has 27 heavy (non-hydrogen) atoms. The van der Waals surface area contributed by atoms with E-state index in [0.29, 0.717) is 36.6 Å². The molecular formula is C21H22FNO4. The van der Waals surface area contributed by atoms with Crippen molar-refractivity contribution < 1.29 is 23.8 Å². The summed E-state index contributed by atoms with van der Waals surface area (Å²) in [6, 6.07) is 10.7. The molecule has 0 radical (unpaired) electrons. The molecular weight excluding hydrogens is 349 g/mol. The molecule has 0 fully saturated rings. The van der Waals surface area contributed by atoms with Crippen LogP contribution in [0.2, 0.25) is 0 Å². The van der Waals surface area contributed by atoms with Crippen LogP contribution in [0.15, 0.2) is 48.5 Å². The maximum Gasteiger partial charge on any atom is 0.325 e. The van der Waals surface area contributed by atoms with Crippen LogP contribution in [0.1, 0.15) is 23.6 Å². The van der Waals surface area contributed by atoms with E-state index in [1.165, 1.54) is 19.2 Å². The van der Waals surface area contributed by atoms with Crippen LogP contribution < -0.4 is 9.47 Å². The number of carboxylic acid groups (broad SMARTS) is 1. The van der Waals surface area contributed by atoms with E-state index in [4.69, 9.17) is 9.47 Å². The maximum atomic E-state index is 13.1. The summed E-state index contributed by atoms with van der Waals surface area (Å²) in [5.41, 5.74) is 2.64. The molecule has 2 aromatic carbocycles. The van der Waals surface area contributed by atoms with Gasteiger partial charge in [-0.15, -0.1) is 0 Å². The van der Waals surface area contributed by atoms with Crippen LogP contribution in [0.4, 0.5) is 4.39 Å². The molecule has 0 bridgehead atoms. The van der Waals surface area contributed by atoms with Gasteiger partial charge in [0, 0.05) is 24.7 Å². The van der Waals surface area contributed by atoms with E-state index in [-0.39, 0.29) is 5.82 Å². The fraction of sp³-hybridized carbons (Fsp3) is 0.286. The summed E-state index contributed by atoms with van der Waals surface area (Å²) in [5.74, 6) is -0.113. The number of carbonyl (C=O) groups is 1. The molecule has 0 saturated carbocycles. The SMILES string of the molecule is COc1ccc(C(C(=O)O)N2CC=C(c3ccc(F)cc3)CC2)c(OC)c1. The van der Waals surface area contributed by atoms with Gasteiger partial charge in [-0.05, 0) is 41.8 Å². The molecule has 3 rings (SSSR count). The van der Waals surface area contributed by atoms with Crippen molar-refractivity contribution in [2.24, 2.45) is 0 Å².